The van der Waals surface area contributed by atoms with Gasteiger partial charge in [-0.15, -0.1) is 0 Å². The lowest BCUT2D eigenvalue weighted by Gasteiger charge is -2.24. The van der Waals surface area contributed by atoms with Crippen LogP contribution >= 0.6 is 0 Å². The van der Waals surface area contributed by atoms with Crippen LogP contribution in [0.25, 0.3) is 0 Å². The molecule has 0 aliphatic carbocycles. The van der Waals surface area contributed by atoms with E-state index in [0.29, 0.717) is 0 Å². The highest BCUT2D eigenvalue weighted by atomic mass is 16.4. The highest BCUT2D eigenvalue weighted by Gasteiger charge is 2.26. The summed E-state index contributed by atoms with van der Waals surface area (Å²) in [5.74, 6) is -1.02. The van der Waals surface area contributed by atoms with E-state index in [9.17, 15) is 4.79 Å². The first-order chi connectivity index (χ1) is 8.41. The van der Waals surface area contributed by atoms with Crippen molar-refractivity contribution >= 4 is 5.97 Å². The van der Waals surface area contributed by atoms with Gasteiger partial charge in [0.2, 0.25) is 0 Å². The topological polar surface area (TPSA) is 66.0 Å². The second kappa shape index (κ2) is 4.29. The van der Waals surface area contributed by atoms with Crippen molar-refractivity contribution in [1.29, 1.82) is 0 Å². The van der Waals surface area contributed by atoms with Crippen LogP contribution < -0.4 is 0 Å². The number of rotatable bonds is 3. The molecule has 1 aromatic carbocycles. The molecule has 0 fully saturated rings. The van der Waals surface area contributed by atoms with Gasteiger partial charge in [0.25, 0.3) is 0 Å². The van der Waals surface area contributed by atoms with Gasteiger partial charge >= 0.3 is 5.97 Å². The van der Waals surface area contributed by atoms with E-state index in [1.54, 1.807) is 6.07 Å². The van der Waals surface area contributed by atoms with Crippen LogP contribution in [0.4, 0.5) is 0 Å². The Morgan fingerprint density at radius 3 is 2.61 bits per heavy atom. The molecule has 0 aliphatic rings. The van der Waals surface area contributed by atoms with Gasteiger partial charge in [-0.3, -0.25) is 5.10 Å². The third-order valence-electron chi connectivity index (χ3n) is 3.21. The molecule has 0 amide bonds. The molecule has 1 aromatic heterocycles. The van der Waals surface area contributed by atoms with E-state index in [1.807, 2.05) is 39.0 Å². The molecule has 0 aliphatic heterocycles. The lowest BCUT2D eigenvalue weighted by atomic mass is 9.81. The van der Waals surface area contributed by atoms with Gasteiger partial charge in [-0.25, -0.2) is 4.79 Å². The molecule has 0 radical (unpaired) electrons. The Hall–Kier alpha value is -2.10. The summed E-state index contributed by atoms with van der Waals surface area (Å²) in [5.41, 5.74) is 2.85. The van der Waals surface area contributed by atoms with Gasteiger partial charge in [0, 0.05) is 11.1 Å². The maximum atomic E-state index is 10.8. The third-order valence-corrected chi connectivity index (χ3v) is 3.21. The maximum Gasteiger partial charge on any atom is 0.356 e. The molecule has 4 heteroatoms. The molecule has 0 unspecified atom stereocenters. The summed E-state index contributed by atoms with van der Waals surface area (Å²) in [6, 6.07) is 9.76. The van der Waals surface area contributed by atoms with Gasteiger partial charge in [0.05, 0.1) is 0 Å². The van der Waals surface area contributed by atoms with Crippen LogP contribution in [0.15, 0.2) is 30.3 Å². The molecular weight excluding hydrogens is 228 g/mol. The fraction of sp³-hybridized carbons (Fsp3) is 0.286. The number of carbonyl (C=O) groups is 1. The molecule has 0 bridgehead atoms. The van der Waals surface area contributed by atoms with Gasteiger partial charge in [0.15, 0.2) is 5.69 Å². The fourth-order valence-corrected chi connectivity index (χ4v) is 1.94. The van der Waals surface area contributed by atoms with Crippen molar-refractivity contribution in [3.8, 4) is 0 Å². The molecule has 94 valence electrons. The predicted octanol–water partition coefficient (Wildman–Crippen LogP) is 2.74. The Labute approximate surface area is 106 Å². The lowest BCUT2D eigenvalue weighted by molar-refractivity contribution is 0.0690. The van der Waals surface area contributed by atoms with E-state index < -0.39 is 5.97 Å². The predicted molar refractivity (Wildman–Crippen MR) is 68.9 cm³/mol. The van der Waals surface area contributed by atoms with E-state index in [0.717, 1.165) is 11.3 Å². The fourth-order valence-electron chi connectivity index (χ4n) is 1.94. The molecule has 2 aromatic rings. The van der Waals surface area contributed by atoms with Crippen LogP contribution in [0.1, 0.15) is 41.2 Å². The number of aryl methyl sites for hydroxylation is 1. The van der Waals surface area contributed by atoms with Crippen molar-refractivity contribution < 1.29 is 9.90 Å². The summed E-state index contributed by atoms with van der Waals surface area (Å²) in [5, 5.41) is 15.5. The number of aromatic carboxylic acids is 1. The number of hydrogen-bond acceptors (Lipinski definition) is 2. The highest BCUT2D eigenvalue weighted by Crippen LogP contribution is 2.30. The second-order valence-electron chi connectivity index (χ2n) is 4.97. The zero-order valence-corrected chi connectivity index (χ0v) is 10.7. The summed E-state index contributed by atoms with van der Waals surface area (Å²) in [6.07, 6.45) is 0. The number of benzene rings is 1. The Balaban J connectivity index is 2.43. The summed E-state index contributed by atoms with van der Waals surface area (Å²) in [7, 11) is 0. The van der Waals surface area contributed by atoms with Gasteiger partial charge in [0.1, 0.15) is 0 Å². The molecule has 2 rings (SSSR count). The van der Waals surface area contributed by atoms with Crippen LogP contribution in [0, 0.1) is 6.92 Å². The number of aromatic amines is 1. The van der Waals surface area contributed by atoms with Crippen molar-refractivity contribution in [2.75, 3.05) is 0 Å². The van der Waals surface area contributed by atoms with Crippen LogP contribution in [0.2, 0.25) is 0 Å². The first-order valence-electron chi connectivity index (χ1n) is 5.77. The van der Waals surface area contributed by atoms with Crippen molar-refractivity contribution in [1.82, 2.24) is 10.2 Å². The average molecular weight is 244 g/mol. The van der Waals surface area contributed by atoms with Crippen LogP contribution in [-0.2, 0) is 5.41 Å². The quantitative estimate of drug-likeness (QED) is 0.872. The van der Waals surface area contributed by atoms with Crippen molar-refractivity contribution in [3.63, 3.8) is 0 Å². The standard InChI is InChI=1S/C14H16N2O2/c1-9-5-4-6-10(7-9)14(2,3)12-8-11(13(17)18)15-16-12/h4-8H,1-3H3,(H,15,16)(H,17,18). The minimum Gasteiger partial charge on any atom is -0.476 e. The molecule has 2 N–H and O–H groups in total. The van der Waals surface area contributed by atoms with E-state index >= 15 is 0 Å². The molecular formula is C14H16N2O2. The number of H-pyrrole nitrogens is 1. The smallest absolute Gasteiger partial charge is 0.356 e. The summed E-state index contributed by atoms with van der Waals surface area (Å²) >= 11 is 0. The SMILES string of the molecule is Cc1cccc(C(C)(C)c2cc(C(=O)O)n[nH]2)c1. The van der Waals surface area contributed by atoms with Crippen LogP contribution in [0.3, 0.4) is 0 Å². The van der Waals surface area contributed by atoms with E-state index in [4.69, 9.17) is 5.11 Å². The number of nitrogens with one attached hydrogen (secondary N) is 1. The Morgan fingerprint density at radius 1 is 1.33 bits per heavy atom. The summed E-state index contributed by atoms with van der Waals surface area (Å²) in [4.78, 5) is 10.8. The lowest BCUT2D eigenvalue weighted by Crippen LogP contribution is -2.19. The largest absolute Gasteiger partial charge is 0.476 e. The van der Waals surface area contributed by atoms with Gasteiger partial charge < -0.3 is 5.11 Å². The number of aromatic nitrogens is 2. The molecule has 0 spiro atoms. The minimum absolute atomic E-state index is 0.0470. The monoisotopic (exact) mass is 244 g/mol. The van der Waals surface area contributed by atoms with Crippen LogP contribution in [-0.4, -0.2) is 21.3 Å². The molecule has 0 saturated carbocycles. The Bertz CT molecular complexity index is 585. The van der Waals surface area contributed by atoms with Gasteiger partial charge in [-0.1, -0.05) is 43.7 Å². The number of hydrogen-bond donors (Lipinski definition) is 2. The van der Waals surface area contributed by atoms with Crippen molar-refractivity contribution in [2.24, 2.45) is 0 Å². The average Bonchev–Trinajstić information content (AvgIpc) is 2.79. The van der Waals surface area contributed by atoms with E-state index in [-0.39, 0.29) is 11.1 Å². The normalized spacial score (nSPS) is 11.5. The zero-order chi connectivity index (χ0) is 13.3. The van der Waals surface area contributed by atoms with E-state index in [1.165, 1.54) is 5.56 Å². The molecule has 1 heterocycles. The third kappa shape index (κ3) is 2.14. The van der Waals surface area contributed by atoms with Crippen LogP contribution in [0.5, 0.6) is 0 Å². The number of nitrogens with zero attached hydrogens (tertiary/aromatic N) is 1. The minimum atomic E-state index is -1.02. The first-order valence-corrected chi connectivity index (χ1v) is 5.77. The van der Waals surface area contributed by atoms with Crippen molar-refractivity contribution in [2.45, 2.75) is 26.2 Å². The number of carboxylic acid groups (broad SMARTS) is 1. The molecule has 4 nitrogen and oxygen atoms in total. The Kier molecular flexibility index (Phi) is 2.95. The summed E-state index contributed by atoms with van der Waals surface area (Å²) in [6.45, 7) is 6.12. The number of carboxylic acids is 1. The molecule has 18 heavy (non-hydrogen) atoms. The molecule has 0 atom stereocenters. The zero-order valence-electron chi connectivity index (χ0n) is 10.7. The Morgan fingerprint density at radius 2 is 2.06 bits per heavy atom. The molecule has 0 saturated heterocycles. The maximum absolute atomic E-state index is 10.8. The van der Waals surface area contributed by atoms with Crippen molar-refractivity contribution in [3.05, 3.63) is 52.8 Å². The van der Waals surface area contributed by atoms with Gasteiger partial charge in [-0.05, 0) is 18.6 Å². The second-order valence-corrected chi connectivity index (χ2v) is 4.97. The first kappa shape index (κ1) is 12.4. The highest BCUT2D eigenvalue weighted by molar-refractivity contribution is 5.85. The van der Waals surface area contributed by atoms with E-state index in [2.05, 4.69) is 16.3 Å². The summed E-state index contributed by atoms with van der Waals surface area (Å²) < 4.78 is 0. The van der Waals surface area contributed by atoms with Gasteiger partial charge in [-0.2, -0.15) is 5.10 Å².